The minimum absolute atomic E-state index is 0.235. The van der Waals surface area contributed by atoms with E-state index in [2.05, 4.69) is 26.1 Å². The van der Waals surface area contributed by atoms with Crippen LogP contribution in [0, 0.1) is 12.3 Å². The van der Waals surface area contributed by atoms with Crippen molar-refractivity contribution in [2.75, 3.05) is 5.43 Å². The van der Waals surface area contributed by atoms with Gasteiger partial charge in [0.15, 0.2) is 5.52 Å². The number of terminal acetylenes is 1. The van der Waals surface area contributed by atoms with Gasteiger partial charge in [0, 0.05) is 19.0 Å². The van der Waals surface area contributed by atoms with E-state index in [4.69, 9.17) is 12.2 Å². The summed E-state index contributed by atoms with van der Waals surface area (Å²) in [6.07, 6.45) is 7.21. The van der Waals surface area contributed by atoms with Gasteiger partial charge >= 0.3 is 6.09 Å². The van der Waals surface area contributed by atoms with Gasteiger partial charge in [-0.1, -0.05) is 18.2 Å². The van der Waals surface area contributed by atoms with Crippen LogP contribution < -0.4 is 16.7 Å². The highest BCUT2D eigenvalue weighted by Gasteiger charge is 2.13. The van der Waals surface area contributed by atoms with Gasteiger partial charge in [-0.15, -0.1) is 12.3 Å². The number of para-hydroxylation sites is 1. The Labute approximate surface area is 175 Å². The summed E-state index contributed by atoms with van der Waals surface area (Å²) in [5.41, 5.74) is 8.80. The second-order valence-electron chi connectivity index (χ2n) is 7.26. The predicted octanol–water partition coefficient (Wildman–Crippen LogP) is 3.11. The maximum Gasteiger partial charge on any atom is 0.405 e. The van der Waals surface area contributed by atoms with E-state index in [1.807, 2.05) is 30.3 Å². The molecular weight excluding hydrogens is 382 g/mol. The van der Waals surface area contributed by atoms with Crippen molar-refractivity contribution in [3.63, 3.8) is 0 Å². The van der Waals surface area contributed by atoms with Crippen molar-refractivity contribution >= 4 is 22.8 Å². The maximum atomic E-state index is 12.7. The van der Waals surface area contributed by atoms with Gasteiger partial charge in [0.25, 0.3) is 5.56 Å². The fraction of sp³-hybridized carbons (Fsp3) is 0.273. The van der Waals surface area contributed by atoms with E-state index in [0.29, 0.717) is 29.7 Å². The number of aromatic nitrogens is 3. The number of rotatable bonds is 4. The van der Waals surface area contributed by atoms with Gasteiger partial charge in [-0.2, -0.15) is 0 Å². The molecule has 0 radical (unpaired) electrons. The van der Waals surface area contributed by atoms with Crippen LogP contribution in [0.5, 0.6) is 0 Å². The summed E-state index contributed by atoms with van der Waals surface area (Å²) < 4.78 is 6.00. The number of carbonyl (C=O) groups is 1. The lowest BCUT2D eigenvalue weighted by atomic mass is 10.2. The Morgan fingerprint density at radius 3 is 2.50 bits per heavy atom. The second-order valence-corrected chi connectivity index (χ2v) is 7.26. The fourth-order valence-corrected chi connectivity index (χ4v) is 2.47. The first-order valence-corrected chi connectivity index (χ1v) is 9.32. The molecule has 1 amide bonds. The first-order valence-electron chi connectivity index (χ1n) is 9.32. The molecule has 0 spiro atoms. The Morgan fingerprint density at radius 2 is 1.93 bits per heavy atom. The molecule has 2 aromatic heterocycles. The van der Waals surface area contributed by atoms with E-state index in [1.165, 1.54) is 4.68 Å². The molecule has 0 aliphatic rings. The van der Waals surface area contributed by atoms with Crippen LogP contribution in [0.3, 0.4) is 0 Å². The van der Waals surface area contributed by atoms with Gasteiger partial charge in [0.05, 0.1) is 11.2 Å². The number of fused-ring (bicyclic) bond motifs is 1. The summed E-state index contributed by atoms with van der Waals surface area (Å²) in [7, 11) is 0. The van der Waals surface area contributed by atoms with Gasteiger partial charge in [0.1, 0.15) is 11.4 Å². The lowest BCUT2D eigenvalue weighted by Gasteiger charge is -2.16. The fourth-order valence-electron chi connectivity index (χ4n) is 2.47. The molecule has 0 atom stereocenters. The minimum atomic E-state index is -0.725. The molecule has 0 fully saturated rings. The smallest absolute Gasteiger partial charge is 0.405 e. The van der Waals surface area contributed by atoms with E-state index in [9.17, 15) is 9.59 Å². The summed E-state index contributed by atoms with van der Waals surface area (Å²) in [5.74, 6) is 3.17. The second kappa shape index (κ2) is 10.1. The Bertz CT molecular complexity index is 1100. The SMILES string of the molecule is C#CCCc1nc2cccnc2c(=O)n1Nc1ccccc1.CC(C)(C)OC(N)=O. The van der Waals surface area contributed by atoms with Gasteiger partial charge in [-0.25, -0.2) is 19.4 Å². The number of primary amides is 1. The average Bonchev–Trinajstić information content (AvgIpc) is 2.68. The Morgan fingerprint density at radius 1 is 1.23 bits per heavy atom. The number of benzene rings is 1. The third-order valence-electron chi connectivity index (χ3n) is 3.61. The summed E-state index contributed by atoms with van der Waals surface area (Å²) in [6.45, 7) is 5.28. The van der Waals surface area contributed by atoms with Crippen molar-refractivity contribution in [2.24, 2.45) is 5.73 Å². The zero-order valence-electron chi connectivity index (χ0n) is 17.3. The molecule has 0 unspecified atom stereocenters. The Hall–Kier alpha value is -3.86. The molecule has 1 aromatic carbocycles. The topological polar surface area (TPSA) is 112 Å². The number of nitrogens with one attached hydrogen (secondary N) is 1. The van der Waals surface area contributed by atoms with E-state index in [1.54, 1.807) is 39.1 Å². The first kappa shape index (κ1) is 22.4. The molecule has 0 bridgehead atoms. The Balaban J connectivity index is 0.000000343. The molecule has 0 saturated heterocycles. The van der Waals surface area contributed by atoms with Crippen molar-refractivity contribution in [3.05, 3.63) is 64.8 Å². The number of nitrogens with zero attached hydrogens (tertiary/aromatic N) is 3. The zero-order chi connectivity index (χ0) is 22.1. The highest BCUT2D eigenvalue weighted by atomic mass is 16.6. The van der Waals surface area contributed by atoms with Crippen molar-refractivity contribution in [2.45, 2.75) is 39.2 Å². The van der Waals surface area contributed by atoms with Crippen LogP contribution in [0.15, 0.2) is 53.5 Å². The quantitative estimate of drug-likeness (QED) is 0.643. The number of anilines is 1. The number of pyridine rings is 1. The third-order valence-corrected chi connectivity index (χ3v) is 3.61. The predicted molar refractivity (Wildman–Crippen MR) is 117 cm³/mol. The van der Waals surface area contributed by atoms with Crippen molar-refractivity contribution < 1.29 is 9.53 Å². The normalized spacial score (nSPS) is 10.5. The largest absolute Gasteiger partial charge is 0.444 e. The standard InChI is InChI=1S/C17H14N4O.C5H11NO2/c1-2-3-11-15-19-14-10-7-12-18-16(14)17(22)21(15)20-13-8-5-4-6-9-13;1-5(2,3)8-4(6)7/h1,4-10,12,20H,3,11H2;1-3H3,(H2,6,7). The molecular formula is C22H25N5O3. The molecule has 3 aromatic rings. The van der Waals surface area contributed by atoms with Gasteiger partial charge < -0.3 is 10.5 Å². The number of ether oxygens (including phenoxy) is 1. The van der Waals surface area contributed by atoms with Crippen LogP contribution in [-0.2, 0) is 11.2 Å². The van der Waals surface area contributed by atoms with E-state index in [-0.39, 0.29) is 5.56 Å². The number of amides is 1. The van der Waals surface area contributed by atoms with Gasteiger partial charge in [0.2, 0.25) is 0 Å². The molecule has 156 valence electrons. The van der Waals surface area contributed by atoms with E-state index >= 15 is 0 Å². The highest BCUT2D eigenvalue weighted by molar-refractivity contribution is 5.72. The molecule has 30 heavy (non-hydrogen) atoms. The van der Waals surface area contributed by atoms with Crippen LogP contribution in [0.4, 0.5) is 10.5 Å². The summed E-state index contributed by atoms with van der Waals surface area (Å²) >= 11 is 0. The molecule has 3 N–H and O–H groups in total. The van der Waals surface area contributed by atoms with Crippen molar-refractivity contribution in [1.82, 2.24) is 14.6 Å². The average molecular weight is 407 g/mol. The van der Waals surface area contributed by atoms with Crippen LogP contribution in [-0.4, -0.2) is 26.3 Å². The van der Waals surface area contributed by atoms with Crippen molar-refractivity contribution in [1.29, 1.82) is 0 Å². The van der Waals surface area contributed by atoms with E-state index in [0.717, 1.165) is 5.69 Å². The number of aryl methyl sites for hydroxylation is 1. The monoisotopic (exact) mass is 407 g/mol. The van der Waals surface area contributed by atoms with Crippen LogP contribution in [0.25, 0.3) is 11.0 Å². The summed E-state index contributed by atoms with van der Waals surface area (Å²) in [6, 6.07) is 13.0. The highest BCUT2D eigenvalue weighted by Crippen LogP contribution is 2.10. The number of carbonyl (C=O) groups excluding carboxylic acids is 1. The Kier molecular flexibility index (Phi) is 7.53. The van der Waals surface area contributed by atoms with Crippen molar-refractivity contribution in [3.8, 4) is 12.3 Å². The number of hydrogen-bond donors (Lipinski definition) is 2. The molecule has 8 nitrogen and oxygen atoms in total. The molecule has 8 heteroatoms. The molecule has 0 saturated carbocycles. The summed E-state index contributed by atoms with van der Waals surface area (Å²) in [4.78, 5) is 31.3. The van der Waals surface area contributed by atoms with Crippen LogP contribution in [0.2, 0.25) is 0 Å². The van der Waals surface area contributed by atoms with Crippen LogP contribution >= 0.6 is 0 Å². The number of nitrogens with two attached hydrogens (primary N) is 1. The molecule has 0 aliphatic carbocycles. The third kappa shape index (κ3) is 6.63. The summed E-state index contributed by atoms with van der Waals surface area (Å²) in [5, 5.41) is 0. The maximum absolute atomic E-state index is 12.7. The molecule has 3 rings (SSSR count). The van der Waals surface area contributed by atoms with Gasteiger partial charge in [-0.3, -0.25) is 10.2 Å². The molecule has 2 heterocycles. The minimum Gasteiger partial charge on any atom is -0.444 e. The number of hydrogen-bond acceptors (Lipinski definition) is 6. The lowest BCUT2D eigenvalue weighted by molar-refractivity contribution is 0.0600. The molecule has 0 aliphatic heterocycles. The zero-order valence-corrected chi connectivity index (χ0v) is 17.3. The van der Waals surface area contributed by atoms with Gasteiger partial charge in [-0.05, 0) is 45.0 Å². The first-order chi connectivity index (χ1) is 14.2. The van der Waals surface area contributed by atoms with Crippen LogP contribution in [0.1, 0.15) is 33.0 Å². The lowest BCUT2D eigenvalue weighted by Crippen LogP contribution is -2.31. The van der Waals surface area contributed by atoms with E-state index < -0.39 is 11.7 Å².